The Morgan fingerprint density at radius 2 is 1.15 bits per heavy atom. The van der Waals surface area contributed by atoms with Gasteiger partial charge in [-0.3, -0.25) is 0 Å². The van der Waals surface area contributed by atoms with Crippen LogP contribution in [0.25, 0.3) is 21.8 Å². The predicted molar refractivity (Wildman–Crippen MR) is 183 cm³/mol. The Balaban J connectivity index is 1.18. The van der Waals surface area contributed by atoms with Crippen LogP contribution >= 0.6 is 23.2 Å². The lowest BCUT2D eigenvalue weighted by Gasteiger charge is -2.19. The van der Waals surface area contributed by atoms with Gasteiger partial charge in [-0.05, 0) is 78.7 Å². The second-order valence-corrected chi connectivity index (χ2v) is 11.5. The van der Waals surface area contributed by atoms with Gasteiger partial charge in [-0.2, -0.15) is 0 Å². The van der Waals surface area contributed by atoms with Gasteiger partial charge in [0, 0.05) is 20.8 Å². The number of hydrogen-bond acceptors (Lipinski definition) is 8. The molecule has 0 unspecified atom stereocenters. The third-order valence-electron chi connectivity index (χ3n) is 7.49. The first-order valence-electron chi connectivity index (χ1n) is 14.8. The first-order chi connectivity index (χ1) is 22.9. The third-order valence-corrected chi connectivity index (χ3v) is 7.96. The standard InChI is InChI=1S/C37H29Cl2N3O5/c1-2-45-37(43)36(42-44)35(25-7-15-31(16-8-25)46-21-29-13-5-23-3-11-27(38)19-33(23)40-29)26-9-17-32(18-10-26)47-22-30-14-6-24-4-12-28(39)20-34(24)41-30/h3-20,35,44H,2,21-22H2,1H3/b42-36-. The van der Waals surface area contributed by atoms with Gasteiger partial charge in [0.2, 0.25) is 0 Å². The van der Waals surface area contributed by atoms with E-state index in [1.165, 1.54) is 0 Å². The summed E-state index contributed by atoms with van der Waals surface area (Å²) in [5.74, 6) is -0.230. The summed E-state index contributed by atoms with van der Waals surface area (Å²) in [5, 5.41) is 16.5. The molecule has 1 N–H and O–H groups in total. The van der Waals surface area contributed by atoms with Crippen molar-refractivity contribution in [2.75, 3.05) is 6.61 Å². The Bertz CT molecular complexity index is 1940. The molecule has 6 aromatic rings. The fourth-order valence-corrected chi connectivity index (χ4v) is 5.52. The maximum Gasteiger partial charge on any atom is 0.357 e. The summed E-state index contributed by atoms with van der Waals surface area (Å²) in [5.41, 5.74) is 4.34. The number of esters is 1. The zero-order chi connectivity index (χ0) is 32.8. The molecule has 47 heavy (non-hydrogen) atoms. The van der Waals surface area contributed by atoms with Crippen LogP contribution < -0.4 is 9.47 Å². The zero-order valence-electron chi connectivity index (χ0n) is 25.3. The van der Waals surface area contributed by atoms with E-state index in [9.17, 15) is 10.0 Å². The quantitative estimate of drug-likeness (QED) is 0.0638. The highest BCUT2D eigenvalue weighted by atomic mass is 35.5. The highest BCUT2D eigenvalue weighted by molar-refractivity contribution is 6.39. The number of carbonyl (C=O) groups excluding carboxylic acids is 1. The minimum atomic E-state index is -0.721. The number of halogens is 2. The number of aromatic nitrogens is 2. The van der Waals surface area contributed by atoms with Crippen molar-refractivity contribution < 1.29 is 24.2 Å². The van der Waals surface area contributed by atoms with Crippen LogP contribution in [0.4, 0.5) is 0 Å². The lowest BCUT2D eigenvalue weighted by Crippen LogP contribution is -2.26. The van der Waals surface area contributed by atoms with Crippen molar-refractivity contribution in [2.24, 2.45) is 5.16 Å². The smallest absolute Gasteiger partial charge is 0.357 e. The van der Waals surface area contributed by atoms with Crippen molar-refractivity contribution in [1.29, 1.82) is 0 Å². The van der Waals surface area contributed by atoms with E-state index in [0.29, 0.717) is 32.7 Å². The number of rotatable bonds is 11. The molecular weight excluding hydrogens is 637 g/mol. The molecule has 6 rings (SSSR count). The summed E-state index contributed by atoms with van der Waals surface area (Å²) in [7, 11) is 0. The fraction of sp³-hybridized carbons (Fsp3) is 0.135. The number of oxime groups is 1. The van der Waals surface area contributed by atoms with Crippen LogP contribution in [0.5, 0.6) is 11.5 Å². The topological polar surface area (TPSA) is 103 Å². The minimum absolute atomic E-state index is 0.133. The maximum absolute atomic E-state index is 12.9. The van der Waals surface area contributed by atoms with Gasteiger partial charge in [-0.1, -0.05) is 76.9 Å². The van der Waals surface area contributed by atoms with Gasteiger partial charge in [0.25, 0.3) is 0 Å². The normalized spacial score (nSPS) is 11.6. The second kappa shape index (κ2) is 14.5. The van der Waals surface area contributed by atoms with E-state index in [4.69, 9.17) is 37.4 Å². The van der Waals surface area contributed by atoms with Gasteiger partial charge >= 0.3 is 5.97 Å². The summed E-state index contributed by atoms with van der Waals surface area (Å²) in [6.45, 7) is 2.33. The molecule has 0 bridgehead atoms. The van der Waals surface area contributed by atoms with Crippen molar-refractivity contribution in [1.82, 2.24) is 9.97 Å². The van der Waals surface area contributed by atoms with E-state index in [1.807, 2.05) is 84.9 Å². The summed E-state index contributed by atoms with van der Waals surface area (Å²) in [6.07, 6.45) is 0. The van der Waals surface area contributed by atoms with Crippen molar-refractivity contribution in [3.05, 3.63) is 142 Å². The second-order valence-electron chi connectivity index (χ2n) is 10.6. The molecule has 10 heteroatoms. The lowest BCUT2D eigenvalue weighted by atomic mass is 9.87. The highest BCUT2D eigenvalue weighted by Crippen LogP contribution is 2.31. The summed E-state index contributed by atoms with van der Waals surface area (Å²) >= 11 is 12.3. The van der Waals surface area contributed by atoms with Crippen molar-refractivity contribution in [2.45, 2.75) is 26.1 Å². The Kier molecular flexibility index (Phi) is 9.80. The molecule has 0 saturated carbocycles. The highest BCUT2D eigenvalue weighted by Gasteiger charge is 2.28. The van der Waals surface area contributed by atoms with Gasteiger partial charge in [0.1, 0.15) is 24.7 Å². The van der Waals surface area contributed by atoms with Crippen LogP contribution in [0.1, 0.15) is 35.4 Å². The van der Waals surface area contributed by atoms with E-state index in [2.05, 4.69) is 15.1 Å². The molecule has 0 atom stereocenters. The molecule has 8 nitrogen and oxygen atoms in total. The van der Waals surface area contributed by atoms with Gasteiger partial charge in [0.15, 0.2) is 5.71 Å². The van der Waals surface area contributed by atoms with E-state index >= 15 is 0 Å². The molecule has 0 aliphatic rings. The average molecular weight is 667 g/mol. The molecule has 0 aliphatic carbocycles. The van der Waals surface area contributed by atoms with Gasteiger partial charge in [0.05, 0.1) is 34.9 Å². The number of carbonyl (C=O) groups is 1. The molecular formula is C37H29Cl2N3O5. The number of benzene rings is 4. The molecule has 0 aliphatic heterocycles. The molecule has 0 spiro atoms. The van der Waals surface area contributed by atoms with Crippen molar-refractivity contribution in [3.63, 3.8) is 0 Å². The molecule has 0 amide bonds. The van der Waals surface area contributed by atoms with Crippen LogP contribution in [0.3, 0.4) is 0 Å². The summed E-state index contributed by atoms with van der Waals surface area (Å²) in [6, 6.07) is 33.4. The SMILES string of the molecule is CCOC(=O)/C(=N\O)C(c1ccc(OCc2ccc3ccc(Cl)cc3n2)cc1)c1ccc(OCc2ccc3ccc(Cl)cc3n2)cc1. The maximum atomic E-state index is 12.9. The monoisotopic (exact) mass is 665 g/mol. The number of ether oxygens (including phenoxy) is 3. The molecule has 0 fully saturated rings. The third kappa shape index (κ3) is 7.62. The Labute approximate surface area is 281 Å². The van der Waals surface area contributed by atoms with Crippen molar-refractivity contribution >= 4 is 56.7 Å². The van der Waals surface area contributed by atoms with Gasteiger partial charge in [-0.15, -0.1) is 0 Å². The van der Waals surface area contributed by atoms with E-state index in [-0.39, 0.29) is 25.5 Å². The number of hydrogen-bond donors (Lipinski definition) is 1. The van der Waals surface area contributed by atoms with E-state index < -0.39 is 11.9 Å². The molecule has 0 radical (unpaired) electrons. The number of pyridine rings is 2. The molecule has 4 aromatic carbocycles. The van der Waals surface area contributed by atoms with Crippen LogP contribution in [0.15, 0.2) is 114 Å². The Morgan fingerprint density at radius 1 is 0.702 bits per heavy atom. The van der Waals surface area contributed by atoms with Crippen LogP contribution in [0.2, 0.25) is 10.0 Å². The van der Waals surface area contributed by atoms with Crippen molar-refractivity contribution in [3.8, 4) is 11.5 Å². The van der Waals surface area contributed by atoms with Gasteiger partial charge < -0.3 is 19.4 Å². The molecule has 2 heterocycles. The summed E-state index contributed by atoms with van der Waals surface area (Å²) in [4.78, 5) is 22.1. The predicted octanol–water partition coefficient (Wildman–Crippen LogP) is 8.77. The van der Waals surface area contributed by atoms with E-state index in [1.54, 1.807) is 31.2 Å². The first-order valence-corrected chi connectivity index (χ1v) is 15.6. The largest absolute Gasteiger partial charge is 0.487 e. The number of fused-ring (bicyclic) bond motifs is 2. The lowest BCUT2D eigenvalue weighted by molar-refractivity contribution is -0.135. The van der Waals surface area contributed by atoms with E-state index in [0.717, 1.165) is 33.2 Å². The fourth-order valence-electron chi connectivity index (χ4n) is 5.18. The van der Waals surface area contributed by atoms with Crippen LogP contribution in [0, 0.1) is 0 Å². The van der Waals surface area contributed by atoms with Gasteiger partial charge in [-0.25, -0.2) is 14.8 Å². The zero-order valence-corrected chi connectivity index (χ0v) is 26.8. The average Bonchev–Trinajstić information content (AvgIpc) is 3.09. The summed E-state index contributed by atoms with van der Waals surface area (Å²) < 4.78 is 17.2. The molecule has 236 valence electrons. The Hall–Kier alpha value is -5.18. The first kappa shape index (κ1) is 31.8. The van der Waals surface area contributed by atoms with Crippen LogP contribution in [-0.4, -0.2) is 33.5 Å². The Morgan fingerprint density at radius 3 is 1.57 bits per heavy atom. The molecule has 0 saturated heterocycles. The van der Waals surface area contributed by atoms with Crippen LogP contribution in [-0.2, 0) is 22.7 Å². The minimum Gasteiger partial charge on any atom is -0.487 e. The molecule has 2 aromatic heterocycles. The number of nitrogens with zero attached hydrogens (tertiary/aromatic N) is 3.